The topological polar surface area (TPSA) is 113 Å². The molecule has 3 rings (SSSR count). The number of fused-ring (bicyclic) bond motifs is 1. The molecule has 28 heavy (non-hydrogen) atoms. The number of hydrogen-bond donors (Lipinski definition) is 2. The number of rotatable bonds is 6. The number of benzene rings is 1. The summed E-state index contributed by atoms with van der Waals surface area (Å²) in [6.45, 7) is 0. The van der Waals surface area contributed by atoms with E-state index in [2.05, 4.69) is 9.71 Å². The van der Waals surface area contributed by atoms with Crippen LogP contribution < -0.4 is 4.72 Å². The minimum Gasteiger partial charge on any atom is -0.481 e. The van der Waals surface area contributed by atoms with Gasteiger partial charge in [0, 0.05) is 11.8 Å². The van der Waals surface area contributed by atoms with Crippen molar-refractivity contribution in [1.29, 1.82) is 0 Å². The molecule has 1 aliphatic carbocycles. The van der Waals surface area contributed by atoms with E-state index in [-0.39, 0.29) is 23.1 Å². The van der Waals surface area contributed by atoms with Crippen molar-refractivity contribution in [2.75, 3.05) is 0 Å². The molecule has 1 amide bonds. The van der Waals surface area contributed by atoms with Gasteiger partial charge in [0.15, 0.2) is 0 Å². The second-order valence-electron chi connectivity index (χ2n) is 6.78. The maximum atomic E-state index is 12.5. The van der Waals surface area contributed by atoms with Crippen LogP contribution in [-0.2, 0) is 27.0 Å². The highest BCUT2D eigenvalue weighted by Gasteiger charge is 2.25. The first kappa shape index (κ1) is 20.3. The molecule has 2 aromatic rings. The van der Waals surface area contributed by atoms with Crippen molar-refractivity contribution in [2.45, 2.75) is 37.4 Å². The Kier molecular flexibility index (Phi) is 6.00. The fourth-order valence-corrected chi connectivity index (χ4v) is 4.60. The van der Waals surface area contributed by atoms with E-state index >= 15 is 0 Å². The van der Waals surface area contributed by atoms with Crippen LogP contribution in [0.15, 0.2) is 36.5 Å². The van der Waals surface area contributed by atoms with E-state index in [1.807, 2.05) is 0 Å². The van der Waals surface area contributed by atoms with Crippen LogP contribution in [0, 0.1) is 0 Å². The van der Waals surface area contributed by atoms with E-state index in [9.17, 15) is 18.0 Å². The highest BCUT2D eigenvalue weighted by Crippen LogP contribution is 2.34. The molecule has 1 aliphatic rings. The summed E-state index contributed by atoms with van der Waals surface area (Å²) in [7, 11) is -3.93. The van der Waals surface area contributed by atoms with E-state index in [4.69, 9.17) is 16.7 Å². The molecule has 0 fully saturated rings. The maximum absolute atomic E-state index is 12.5. The van der Waals surface area contributed by atoms with Gasteiger partial charge >= 0.3 is 5.97 Å². The lowest BCUT2D eigenvalue weighted by atomic mass is 9.80. The largest absolute Gasteiger partial charge is 0.481 e. The molecule has 1 atom stereocenters. The second-order valence-corrected chi connectivity index (χ2v) is 8.89. The second kappa shape index (κ2) is 8.28. The molecule has 0 saturated heterocycles. The number of amides is 1. The quantitative estimate of drug-likeness (QED) is 0.692. The Labute approximate surface area is 167 Å². The third-order valence-corrected chi connectivity index (χ3v) is 6.09. The molecule has 9 heteroatoms. The van der Waals surface area contributed by atoms with Gasteiger partial charge in [-0.15, -0.1) is 0 Å². The molecular formula is C19H19ClN2O5S. The van der Waals surface area contributed by atoms with Crippen molar-refractivity contribution in [3.8, 4) is 0 Å². The van der Waals surface area contributed by atoms with Crippen LogP contribution in [0.3, 0.4) is 0 Å². The molecular weight excluding hydrogens is 404 g/mol. The van der Waals surface area contributed by atoms with Crippen molar-refractivity contribution >= 4 is 33.5 Å². The molecule has 1 unspecified atom stereocenters. The summed E-state index contributed by atoms with van der Waals surface area (Å²) in [5, 5.41) is 9.35. The number of aliphatic carboxylic acids is 1. The van der Waals surface area contributed by atoms with Gasteiger partial charge in [-0.05, 0) is 60.1 Å². The summed E-state index contributed by atoms with van der Waals surface area (Å²) in [6, 6.07) is 7.94. The number of pyridine rings is 1. The summed E-state index contributed by atoms with van der Waals surface area (Å²) in [6.07, 6.45) is 3.75. The van der Waals surface area contributed by atoms with Gasteiger partial charge < -0.3 is 5.11 Å². The lowest BCUT2D eigenvalue weighted by Crippen LogP contribution is -2.32. The highest BCUT2D eigenvalue weighted by molar-refractivity contribution is 7.89. The summed E-state index contributed by atoms with van der Waals surface area (Å²) in [5.41, 5.74) is 2.40. The Morgan fingerprint density at radius 1 is 1.25 bits per heavy atom. The normalized spacial score (nSPS) is 16.2. The molecule has 0 aliphatic heterocycles. The third kappa shape index (κ3) is 5.08. The number of halogens is 1. The molecule has 148 valence electrons. The van der Waals surface area contributed by atoms with E-state index in [1.165, 1.54) is 18.3 Å². The number of aromatic nitrogens is 1. The predicted molar refractivity (Wildman–Crippen MR) is 104 cm³/mol. The van der Waals surface area contributed by atoms with Gasteiger partial charge in [0.05, 0.1) is 12.2 Å². The Balaban J connectivity index is 1.77. The zero-order chi connectivity index (χ0) is 20.3. The lowest BCUT2D eigenvalue weighted by Gasteiger charge is -2.24. The molecule has 1 aromatic heterocycles. The summed E-state index contributed by atoms with van der Waals surface area (Å²) in [4.78, 5) is 27.4. The molecule has 1 aromatic carbocycles. The molecule has 0 spiro atoms. The van der Waals surface area contributed by atoms with E-state index in [0.29, 0.717) is 5.56 Å². The number of sulfonamides is 1. The standard InChI is InChI=1S/C19H19ClN2O5S/c20-17-7-4-12(10-21-17)11-28(26,27)22-19(25)15-6-5-13-2-1-3-14(9-18(23)24)16(13)8-15/h4-8,10,14H,1-3,9,11H2,(H,22,25)(H,23,24). The number of carboxylic acids is 1. The number of aryl methyl sites for hydroxylation is 1. The van der Waals surface area contributed by atoms with Crippen molar-refractivity contribution in [3.05, 3.63) is 63.9 Å². The lowest BCUT2D eigenvalue weighted by molar-refractivity contribution is -0.137. The molecule has 7 nitrogen and oxygen atoms in total. The minimum atomic E-state index is -3.93. The predicted octanol–water partition coefficient (Wildman–Crippen LogP) is 2.89. The molecule has 0 saturated carbocycles. The average Bonchev–Trinajstić information content (AvgIpc) is 2.62. The van der Waals surface area contributed by atoms with E-state index < -0.39 is 27.7 Å². The smallest absolute Gasteiger partial charge is 0.303 e. The van der Waals surface area contributed by atoms with Crippen LogP contribution in [0.25, 0.3) is 0 Å². The Morgan fingerprint density at radius 2 is 2.04 bits per heavy atom. The fourth-order valence-electron chi connectivity index (χ4n) is 3.41. The monoisotopic (exact) mass is 422 g/mol. The van der Waals surface area contributed by atoms with Crippen LogP contribution >= 0.6 is 11.6 Å². The summed E-state index contributed by atoms with van der Waals surface area (Å²) in [5.74, 6) is -2.22. The Hall–Kier alpha value is -2.45. The first-order valence-electron chi connectivity index (χ1n) is 8.73. The van der Waals surface area contributed by atoms with Gasteiger partial charge in [0.1, 0.15) is 5.15 Å². The number of carbonyl (C=O) groups excluding carboxylic acids is 1. The molecule has 0 radical (unpaired) electrons. The SMILES string of the molecule is O=C(O)CC1CCCc2ccc(C(=O)NS(=O)(=O)Cc3ccc(Cl)nc3)cc21. The van der Waals surface area contributed by atoms with E-state index in [0.717, 1.165) is 30.4 Å². The zero-order valence-electron chi connectivity index (χ0n) is 14.9. The van der Waals surface area contributed by atoms with Crippen LogP contribution in [0.1, 0.15) is 52.2 Å². The number of nitrogens with zero attached hydrogens (tertiary/aromatic N) is 1. The van der Waals surface area contributed by atoms with E-state index in [1.54, 1.807) is 18.2 Å². The maximum Gasteiger partial charge on any atom is 0.303 e. The van der Waals surface area contributed by atoms with Gasteiger partial charge in [-0.1, -0.05) is 23.7 Å². The van der Waals surface area contributed by atoms with Crippen molar-refractivity contribution in [2.24, 2.45) is 0 Å². The van der Waals surface area contributed by atoms with Crippen LogP contribution in [-0.4, -0.2) is 30.4 Å². The zero-order valence-corrected chi connectivity index (χ0v) is 16.5. The first-order chi connectivity index (χ1) is 13.2. The molecule has 0 bridgehead atoms. The highest BCUT2D eigenvalue weighted by atomic mass is 35.5. The number of nitrogens with one attached hydrogen (secondary N) is 1. The summed E-state index contributed by atoms with van der Waals surface area (Å²) >= 11 is 5.68. The molecule has 1 heterocycles. The van der Waals surface area contributed by atoms with Gasteiger partial charge in [0.2, 0.25) is 10.0 Å². The van der Waals surface area contributed by atoms with Gasteiger partial charge in [0.25, 0.3) is 5.91 Å². The van der Waals surface area contributed by atoms with Crippen LogP contribution in [0.4, 0.5) is 0 Å². The first-order valence-corrected chi connectivity index (χ1v) is 10.8. The van der Waals surface area contributed by atoms with Crippen molar-refractivity contribution < 1.29 is 23.1 Å². The fraction of sp³-hybridized carbons (Fsp3) is 0.316. The number of hydrogen-bond acceptors (Lipinski definition) is 5. The number of carboxylic acid groups (broad SMARTS) is 1. The van der Waals surface area contributed by atoms with Crippen molar-refractivity contribution in [3.63, 3.8) is 0 Å². The van der Waals surface area contributed by atoms with Gasteiger partial charge in [-0.2, -0.15) is 0 Å². The average molecular weight is 423 g/mol. The third-order valence-electron chi connectivity index (χ3n) is 4.66. The summed E-state index contributed by atoms with van der Waals surface area (Å²) < 4.78 is 26.6. The Morgan fingerprint density at radius 3 is 2.71 bits per heavy atom. The van der Waals surface area contributed by atoms with Crippen LogP contribution in [0.2, 0.25) is 5.15 Å². The van der Waals surface area contributed by atoms with Gasteiger partial charge in [-0.3, -0.25) is 9.59 Å². The van der Waals surface area contributed by atoms with Gasteiger partial charge in [-0.25, -0.2) is 18.1 Å². The number of carbonyl (C=O) groups is 2. The minimum absolute atomic E-state index is 0.0140. The molecule has 2 N–H and O–H groups in total. The van der Waals surface area contributed by atoms with Crippen molar-refractivity contribution in [1.82, 2.24) is 9.71 Å². The van der Waals surface area contributed by atoms with Crippen LogP contribution in [0.5, 0.6) is 0 Å². The Bertz CT molecular complexity index is 1010.